The van der Waals surface area contributed by atoms with Crippen LogP contribution in [0.1, 0.15) is 354 Å². The second-order valence-electron chi connectivity index (χ2n) is 23.6. The van der Waals surface area contributed by atoms with Gasteiger partial charge in [0.1, 0.15) is 37.1 Å². The molecule has 1 fully saturated rings. The molecule has 1 aliphatic rings. The third-order valence-electron chi connectivity index (χ3n) is 16.3. The van der Waals surface area contributed by atoms with Crippen molar-refractivity contribution < 1.29 is 49.0 Å². The number of carbonyl (C=O) groups excluding carboxylic acids is 2. The van der Waals surface area contributed by atoms with Crippen LogP contribution >= 0.6 is 0 Å². The number of esters is 2. The highest BCUT2D eigenvalue weighted by Gasteiger charge is 2.44. The van der Waals surface area contributed by atoms with E-state index in [-0.39, 0.29) is 38.0 Å². The summed E-state index contributed by atoms with van der Waals surface area (Å²) in [6, 6.07) is 0. The summed E-state index contributed by atoms with van der Waals surface area (Å²) in [6.45, 7) is 3.90. The van der Waals surface area contributed by atoms with E-state index in [4.69, 9.17) is 18.9 Å². The molecule has 6 atom stereocenters. The second kappa shape index (κ2) is 57.0. The molecule has 76 heavy (non-hydrogen) atoms. The predicted octanol–water partition coefficient (Wildman–Crippen LogP) is 18.0. The highest BCUT2D eigenvalue weighted by atomic mass is 16.7. The number of rotatable bonds is 60. The maximum absolute atomic E-state index is 12.9. The van der Waals surface area contributed by atoms with Crippen LogP contribution in [0.2, 0.25) is 0 Å². The Morgan fingerprint density at radius 3 is 0.947 bits per heavy atom. The lowest BCUT2D eigenvalue weighted by atomic mass is 9.99. The highest BCUT2D eigenvalue weighted by Crippen LogP contribution is 2.24. The first-order valence-corrected chi connectivity index (χ1v) is 33.6. The summed E-state index contributed by atoms with van der Waals surface area (Å²) in [5, 5.41) is 40.2. The number of hydrogen-bond acceptors (Lipinski definition) is 10. The first-order valence-electron chi connectivity index (χ1n) is 33.6. The van der Waals surface area contributed by atoms with Gasteiger partial charge in [0.05, 0.1) is 13.2 Å². The van der Waals surface area contributed by atoms with Crippen LogP contribution < -0.4 is 0 Å². The molecule has 10 heteroatoms. The molecule has 1 aliphatic heterocycles. The number of aliphatic hydroxyl groups excluding tert-OH is 4. The molecule has 4 N–H and O–H groups in total. The zero-order valence-electron chi connectivity index (χ0n) is 50.3. The summed E-state index contributed by atoms with van der Waals surface area (Å²) in [6.07, 6.45) is 59.7. The molecule has 452 valence electrons. The molecule has 0 amide bonds. The zero-order chi connectivity index (χ0) is 55.0. The highest BCUT2D eigenvalue weighted by molar-refractivity contribution is 5.70. The molecule has 0 aromatic rings. The average molecular weight is 1080 g/mol. The van der Waals surface area contributed by atoms with Gasteiger partial charge in [-0.25, -0.2) is 0 Å². The number of ether oxygens (including phenoxy) is 4. The molecule has 1 heterocycles. The lowest BCUT2D eigenvalue weighted by molar-refractivity contribution is -0.301. The number of unbranched alkanes of at least 4 members (excludes halogenated alkanes) is 48. The van der Waals surface area contributed by atoms with Crippen LogP contribution in [0.25, 0.3) is 0 Å². The Hall–Kier alpha value is -1.30. The van der Waals surface area contributed by atoms with Crippen LogP contribution in [-0.4, -0.2) is 89.0 Å². The Kier molecular flexibility index (Phi) is 54.5. The Labute approximate surface area is 469 Å². The van der Waals surface area contributed by atoms with Gasteiger partial charge in [0.15, 0.2) is 6.29 Å². The van der Waals surface area contributed by atoms with Crippen molar-refractivity contribution in [2.45, 2.75) is 391 Å². The van der Waals surface area contributed by atoms with Crippen LogP contribution in [0.15, 0.2) is 0 Å². The van der Waals surface area contributed by atoms with Gasteiger partial charge < -0.3 is 39.4 Å². The lowest BCUT2D eigenvalue weighted by Gasteiger charge is -2.39. The monoisotopic (exact) mass is 1080 g/mol. The summed E-state index contributed by atoms with van der Waals surface area (Å²) in [5.74, 6) is -0.659. The fourth-order valence-corrected chi connectivity index (χ4v) is 11.0. The van der Waals surface area contributed by atoms with Gasteiger partial charge in [0.2, 0.25) is 0 Å². The summed E-state index contributed by atoms with van der Waals surface area (Å²) in [5.41, 5.74) is 0. The molecule has 0 aromatic heterocycles. The summed E-state index contributed by atoms with van der Waals surface area (Å²) in [7, 11) is 0. The van der Waals surface area contributed by atoms with E-state index >= 15 is 0 Å². The van der Waals surface area contributed by atoms with Gasteiger partial charge in [-0.1, -0.05) is 322 Å². The normalized spacial score (nSPS) is 18.1. The minimum atomic E-state index is -1.55. The van der Waals surface area contributed by atoms with Crippen molar-refractivity contribution in [1.29, 1.82) is 0 Å². The molecule has 0 spiro atoms. The maximum Gasteiger partial charge on any atom is 0.306 e. The van der Waals surface area contributed by atoms with E-state index in [0.717, 1.165) is 38.5 Å². The minimum absolute atomic E-state index is 0.0305. The van der Waals surface area contributed by atoms with Gasteiger partial charge in [0.25, 0.3) is 0 Å². The average Bonchev–Trinajstić information content (AvgIpc) is 3.42. The van der Waals surface area contributed by atoms with E-state index in [1.807, 2.05) is 0 Å². The van der Waals surface area contributed by atoms with E-state index in [9.17, 15) is 30.0 Å². The Morgan fingerprint density at radius 2 is 0.658 bits per heavy atom. The smallest absolute Gasteiger partial charge is 0.306 e. The van der Waals surface area contributed by atoms with E-state index in [1.165, 1.54) is 283 Å². The van der Waals surface area contributed by atoms with Crippen molar-refractivity contribution in [1.82, 2.24) is 0 Å². The first-order chi connectivity index (χ1) is 37.3. The molecule has 0 bridgehead atoms. The Balaban J connectivity index is 2.13. The molecule has 0 radical (unpaired) electrons. The van der Waals surface area contributed by atoms with Gasteiger partial charge in [-0.05, 0) is 12.8 Å². The summed E-state index contributed by atoms with van der Waals surface area (Å²) < 4.78 is 22.5. The van der Waals surface area contributed by atoms with E-state index < -0.39 is 43.4 Å². The largest absolute Gasteiger partial charge is 0.462 e. The van der Waals surface area contributed by atoms with E-state index in [1.54, 1.807) is 0 Å². The Morgan fingerprint density at radius 1 is 0.382 bits per heavy atom. The maximum atomic E-state index is 12.9. The van der Waals surface area contributed by atoms with Gasteiger partial charge in [-0.3, -0.25) is 9.59 Å². The predicted molar refractivity (Wildman–Crippen MR) is 317 cm³/mol. The molecule has 1 saturated heterocycles. The Bertz CT molecular complexity index is 1200. The number of hydrogen-bond donors (Lipinski definition) is 4. The second-order valence-corrected chi connectivity index (χ2v) is 23.6. The van der Waals surface area contributed by atoms with E-state index in [2.05, 4.69) is 13.8 Å². The zero-order valence-corrected chi connectivity index (χ0v) is 50.3. The summed E-state index contributed by atoms with van der Waals surface area (Å²) in [4.78, 5) is 25.7. The number of carbonyl (C=O) groups is 2. The minimum Gasteiger partial charge on any atom is -0.462 e. The van der Waals surface area contributed by atoms with Crippen molar-refractivity contribution in [3.05, 3.63) is 0 Å². The number of aliphatic hydroxyl groups is 4. The van der Waals surface area contributed by atoms with Crippen LogP contribution in [0.5, 0.6) is 0 Å². The molecular weight excluding hydrogens is 953 g/mol. The lowest BCUT2D eigenvalue weighted by Crippen LogP contribution is -2.59. The van der Waals surface area contributed by atoms with Crippen molar-refractivity contribution in [2.24, 2.45) is 0 Å². The topological polar surface area (TPSA) is 152 Å². The van der Waals surface area contributed by atoms with Gasteiger partial charge >= 0.3 is 11.9 Å². The molecule has 0 aromatic carbocycles. The summed E-state index contributed by atoms with van der Waals surface area (Å²) >= 11 is 0. The third kappa shape index (κ3) is 46.5. The third-order valence-corrected chi connectivity index (χ3v) is 16.3. The fraction of sp³-hybridized carbons (Fsp3) is 0.970. The standard InChI is InChI=1S/C66H128O10/c1-3-5-7-9-11-13-15-17-19-21-23-25-27-29-31-33-35-37-39-41-43-45-47-49-51-53-61(68)74-58-59(55-56-73-66-65(72)64(71)63(70)60(57-67)76-66)75-62(69)54-52-50-48-46-44-42-40-38-36-34-32-30-28-26-24-22-20-18-16-14-12-10-8-6-4-2/h59-60,63-67,70-72H,3-58H2,1-2H3/t59?,60-,63-,64+,65-,66-/m1/s1. The SMILES string of the molecule is CCCCCCCCCCCCCCCCCCCCCCCCCCCC(=O)OCC(CCO[C@@H]1O[C@H](CO)[C@@H](O)[C@H](O)[C@H]1O)OC(=O)CCCCCCCCCCCCCCCCCCCCCCCCCCC. The molecule has 0 saturated carbocycles. The van der Waals surface area contributed by atoms with Crippen LogP contribution in [0, 0.1) is 0 Å². The quantitative estimate of drug-likeness (QED) is 0.0342. The molecule has 1 rings (SSSR count). The van der Waals surface area contributed by atoms with E-state index in [0.29, 0.717) is 6.42 Å². The molecule has 10 nitrogen and oxygen atoms in total. The van der Waals surface area contributed by atoms with Gasteiger partial charge in [-0.15, -0.1) is 0 Å². The van der Waals surface area contributed by atoms with Crippen molar-refractivity contribution in [3.8, 4) is 0 Å². The van der Waals surface area contributed by atoms with Crippen molar-refractivity contribution in [3.63, 3.8) is 0 Å². The molecular formula is C66H128O10. The molecule has 0 aliphatic carbocycles. The fourth-order valence-electron chi connectivity index (χ4n) is 11.0. The first kappa shape index (κ1) is 72.7. The van der Waals surface area contributed by atoms with Gasteiger partial charge in [-0.2, -0.15) is 0 Å². The van der Waals surface area contributed by atoms with Crippen LogP contribution in [0.3, 0.4) is 0 Å². The van der Waals surface area contributed by atoms with Crippen molar-refractivity contribution >= 4 is 11.9 Å². The van der Waals surface area contributed by atoms with Crippen LogP contribution in [0.4, 0.5) is 0 Å². The van der Waals surface area contributed by atoms with Crippen LogP contribution in [-0.2, 0) is 28.5 Å². The molecule has 1 unspecified atom stereocenters. The van der Waals surface area contributed by atoms with Crippen molar-refractivity contribution in [2.75, 3.05) is 19.8 Å². The van der Waals surface area contributed by atoms with Gasteiger partial charge in [0, 0.05) is 19.3 Å².